The van der Waals surface area contributed by atoms with Gasteiger partial charge in [-0.15, -0.1) is 0 Å². The number of aromatic nitrogens is 2. The number of carbonyl (C=O) groups is 1. The number of piperazine rings is 1. The van der Waals surface area contributed by atoms with Crippen molar-refractivity contribution < 1.29 is 22.7 Å². The first-order valence-electron chi connectivity index (χ1n) is 12.1. The molecular weight excluding hydrogens is 494 g/mol. The zero-order valence-electron chi connectivity index (χ0n) is 21.8. The van der Waals surface area contributed by atoms with Crippen LogP contribution in [-0.4, -0.2) is 68.8 Å². The molecule has 0 atom stereocenters. The summed E-state index contributed by atoms with van der Waals surface area (Å²) in [5.74, 6) is 0.407. The topological polar surface area (TPSA) is 106 Å². The van der Waals surface area contributed by atoms with Gasteiger partial charge in [0.2, 0.25) is 5.03 Å². The summed E-state index contributed by atoms with van der Waals surface area (Å²) >= 11 is 0. The van der Waals surface area contributed by atoms with Crippen LogP contribution in [0.3, 0.4) is 0 Å². The summed E-state index contributed by atoms with van der Waals surface area (Å²) in [6, 6.07) is 11.1. The highest BCUT2D eigenvalue weighted by Crippen LogP contribution is 2.28. The minimum atomic E-state index is -4.00. The Bertz CT molecular complexity index is 1370. The molecule has 198 valence electrons. The van der Waals surface area contributed by atoms with Gasteiger partial charge in [0.15, 0.2) is 0 Å². The number of methoxy groups -OCH3 is 2. The predicted molar refractivity (Wildman–Crippen MR) is 142 cm³/mol. The highest BCUT2D eigenvalue weighted by atomic mass is 32.2. The average molecular weight is 528 g/mol. The second kappa shape index (κ2) is 10.8. The van der Waals surface area contributed by atoms with E-state index >= 15 is 0 Å². The lowest BCUT2D eigenvalue weighted by Gasteiger charge is -2.36. The fraction of sp³-hybridized carbons (Fsp3) is 0.385. The van der Waals surface area contributed by atoms with Gasteiger partial charge in [0, 0.05) is 68.5 Å². The van der Waals surface area contributed by atoms with Gasteiger partial charge in [0.05, 0.1) is 19.8 Å². The highest BCUT2D eigenvalue weighted by Gasteiger charge is 2.35. The number of nitrogens with zero attached hydrogens (tertiary/aromatic N) is 4. The van der Waals surface area contributed by atoms with Crippen molar-refractivity contribution in [3.05, 3.63) is 59.3 Å². The molecule has 0 aliphatic carbocycles. The molecule has 0 unspecified atom stereocenters. The number of benzene rings is 2. The molecule has 1 amide bonds. The quantitative estimate of drug-likeness (QED) is 0.479. The number of aryl methyl sites for hydroxylation is 2. The third kappa shape index (κ3) is 5.42. The summed E-state index contributed by atoms with van der Waals surface area (Å²) < 4.78 is 40.7. The number of ether oxygens (including phenoxy) is 2. The highest BCUT2D eigenvalue weighted by molar-refractivity contribution is 7.89. The molecular formula is C26H33N5O5S. The van der Waals surface area contributed by atoms with Gasteiger partial charge in [0.25, 0.3) is 15.9 Å². The van der Waals surface area contributed by atoms with Gasteiger partial charge in [-0.2, -0.15) is 9.40 Å². The van der Waals surface area contributed by atoms with E-state index in [2.05, 4.69) is 41.3 Å². The van der Waals surface area contributed by atoms with Crippen LogP contribution in [0.2, 0.25) is 0 Å². The van der Waals surface area contributed by atoms with Gasteiger partial charge in [-0.25, -0.2) is 8.42 Å². The lowest BCUT2D eigenvalue weighted by atomic mass is 10.1. The molecule has 1 aliphatic heterocycles. The van der Waals surface area contributed by atoms with Gasteiger partial charge < -0.3 is 19.7 Å². The number of nitrogens with one attached hydrogen (secondary N) is 1. The number of hydrogen-bond acceptors (Lipinski definition) is 7. The van der Waals surface area contributed by atoms with E-state index in [1.807, 2.05) is 13.0 Å². The van der Waals surface area contributed by atoms with Crippen molar-refractivity contribution in [3.8, 4) is 11.5 Å². The van der Waals surface area contributed by atoms with Crippen molar-refractivity contribution in [3.63, 3.8) is 0 Å². The number of carbonyl (C=O) groups excluding carboxylic acids is 1. The summed E-state index contributed by atoms with van der Waals surface area (Å²) in [6.45, 7) is 8.08. The molecule has 1 saturated heterocycles. The van der Waals surface area contributed by atoms with Crippen molar-refractivity contribution in [1.29, 1.82) is 0 Å². The Hall–Kier alpha value is -3.57. The average Bonchev–Trinajstić information content (AvgIpc) is 3.36. The summed E-state index contributed by atoms with van der Waals surface area (Å²) in [7, 11) is -0.984. The first-order chi connectivity index (χ1) is 17.7. The zero-order chi connectivity index (χ0) is 26.7. The van der Waals surface area contributed by atoms with Crippen LogP contribution in [0.5, 0.6) is 11.5 Å². The Morgan fingerprint density at radius 1 is 1.03 bits per heavy atom. The van der Waals surface area contributed by atoms with Crippen LogP contribution in [0.25, 0.3) is 0 Å². The lowest BCUT2D eigenvalue weighted by molar-refractivity contribution is 0.102. The maximum absolute atomic E-state index is 13.7. The normalized spacial score (nSPS) is 14.5. The molecule has 2 aromatic carbocycles. The van der Waals surface area contributed by atoms with Gasteiger partial charge in [-0.3, -0.25) is 9.48 Å². The molecule has 1 N–H and O–H groups in total. The van der Waals surface area contributed by atoms with Crippen LogP contribution < -0.4 is 19.7 Å². The van der Waals surface area contributed by atoms with E-state index in [0.717, 1.165) is 5.69 Å². The molecule has 0 radical (unpaired) electrons. The molecule has 2 heterocycles. The van der Waals surface area contributed by atoms with E-state index in [0.29, 0.717) is 49.9 Å². The summed E-state index contributed by atoms with van der Waals surface area (Å²) in [5.41, 5.74) is 3.90. The van der Waals surface area contributed by atoms with Crippen LogP contribution in [0.1, 0.15) is 28.4 Å². The van der Waals surface area contributed by atoms with Gasteiger partial charge in [-0.1, -0.05) is 12.1 Å². The molecule has 3 aromatic rings. The molecule has 4 rings (SSSR count). The minimum absolute atomic E-state index is 0.0133. The first kappa shape index (κ1) is 26.5. The molecule has 37 heavy (non-hydrogen) atoms. The van der Waals surface area contributed by atoms with Crippen LogP contribution in [0, 0.1) is 13.8 Å². The molecule has 1 aromatic heterocycles. The number of anilines is 2. The van der Waals surface area contributed by atoms with Crippen molar-refractivity contribution in [1.82, 2.24) is 14.1 Å². The maximum atomic E-state index is 13.7. The second-order valence-corrected chi connectivity index (χ2v) is 10.7. The van der Waals surface area contributed by atoms with Crippen LogP contribution >= 0.6 is 0 Å². The lowest BCUT2D eigenvalue weighted by Crippen LogP contribution is -2.49. The zero-order valence-corrected chi connectivity index (χ0v) is 22.6. The van der Waals surface area contributed by atoms with E-state index in [4.69, 9.17) is 9.47 Å². The minimum Gasteiger partial charge on any atom is -0.497 e. The van der Waals surface area contributed by atoms with E-state index < -0.39 is 15.9 Å². The molecule has 1 fully saturated rings. The number of sulfonamides is 1. The van der Waals surface area contributed by atoms with Crippen molar-refractivity contribution >= 4 is 27.3 Å². The Morgan fingerprint density at radius 3 is 2.27 bits per heavy atom. The smallest absolute Gasteiger partial charge is 0.263 e. The fourth-order valence-electron chi connectivity index (χ4n) is 4.36. The Morgan fingerprint density at radius 2 is 1.68 bits per heavy atom. The standard InChI is InChI=1S/C26H33N5O5S/c1-6-30-17-23(25(32)27-20-14-21(35-4)16-22(15-20)36-5)26(28-30)37(33,34)31-12-10-29(11-13-31)24-9-7-8-18(2)19(24)3/h7-9,14-17H,6,10-13H2,1-5H3,(H,27,32). The maximum Gasteiger partial charge on any atom is 0.263 e. The second-order valence-electron chi connectivity index (χ2n) is 8.87. The predicted octanol–water partition coefficient (Wildman–Crippen LogP) is 3.30. The molecule has 10 nitrogen and oxygen atoms in total. The summed E-state index contributed by atoms with van der Waals surface area (Å²) in [4.78, 5) is 15.5. The third-order valence-corrected chi connectivity index (χ3v) is 8.48. The van der Waals surface area contributed by atoms with Crippen molar-refractivity contribution in [2.24, 2.45) is 0 Å². The molecule has 1 aliphatic rings. The Labute approximate surface area is 217 Å². The SMILES string of the molecule is CCn1cc(C(=O)Nc2cc(OC)cc(OC)c2)c(S(=O)(=O)N2CCN(c3cccc(C)c3C)CC2)n1. The van der Waals surface area contributed by atoms with Gasteiger partial charge in [0.1, 0.15) is 11.5 Å². The largest absolute Gasteiger partial charge is 0.497 e. The van der Waals surface area contributed by atoms with E-state index in [1.54, 1.807) is 18.2 Å². The molecule has 11 heteroatoms. The van der Waals surface area contributed by atoms with Gasteiger partial charge in [-0.05, 0) is 38.0 Å². The van der Waals surface area contributed by atoms with Crippen LogP contribution in [-0.2, 0) is 16.6 Å². The van der Waals surface area contributed by atoms with E-state index in [-0.39, 0.29) is 10.6 Å². The fourth-order valence-corrected chi connectivity index (χ4v) is 5.88. The van der Waals surface area contributed by atoms with E-state index in [9.17, 15) is 13.2 Å². The number of rotatable bonds is 8. The first-order valence-corrected chi connectivity index (χ1v) is 13.5. The molecule has 0 spiro atoms. The van der Waals surface area contributed by atoms with Gasteiger partial charge >= 0.3 is 0 Å². The molecule has 0 bridgehead atoms. The van der Waals surface area contributed by atoms with Crippen LogP contribution in [0.4, 0.5) is 11.4 Å². The third-order valence-electron chi connectivity index (χ3n) is 6.65. The number of amides is 1. The van der Waals surface area contributed by atoms with Crippen molar-refractivity contribution in [2.45, 2.75) is 32.3 Å². The summed E-state index contributed by atoms with van der Waals surface area (Å²) in [6.07, 6.45) is 1.46. The monoisotopic (exact) mass is 527 g/mol. The Balaban J connectivity index is 1.57. The Kier molecular flexibility index (Phi) is 7.74. The van der Waals surface area contributed by atoms with Crippen LogP contribution in [0.15, 0.2) is 47.6 Å². The van der Waals surface area contributed by atoms with E-state index in [1.165, 1.54) is 40.5 Å². The molecule has 0 saturated carbocycles. The van der Waals surface area contributed by atoms with Crippen molar-refractivity contribution in [2.75, 3.05) is 50.6 Å². The number of hydrogen-bond donors (Lipinski definition) is 1. The summed E-state index contributed by atoms with van der Waals surface area (Å²) in [5, 5.41) is 6.78.